The molecule has 1 saturated heterocycles. The molecule has 1 aliphatic rings. The highest BCUT2D eigenvalue weighted by molar-refractivity contribution is 8.00. The van der Waals surface area contributed by atoms with E-state index in [1.165, 1.54) is 0 Å². The van der Waals surface area contributed by atoms with Gasteiger partial charge in [0.05, 0.1) is 0 Å². The molecule has 3 nitrogen and oxygen atoms in total. The summed E-state index contributed by atoms with van der Waals surface area (Å²) in [6.45, 7) is 8.08. The predicted octanol–water partition coefficient (Wildman–Crippen LogP) is 3.21. The minimum absolute atomic E-state index is 0. The van der Waals surface area contributed by atoms with Gasteiger partial charge in [-0.25, -0.2) is 0 Å². The van der Waals surface area contributed by atoms with Gasteiger partial charge in [-0.15, -0.1) is 12.4 Å². The van der Waals surface area contributed by atoms with E-state index >= 15 is 0 Å². The summed E-state index contributed by atoms with van der Waals surface area (Å²) in [6, 6.07) is 5.56. The number of hydrogen-bond acceptors (Lipinski definition) is 3. The van der Waals surface area contributed by atoms with Crippen molar-refractivity contribution >= 4 is 35.8 Å². The summed E-state index contributed by atoms with van der Waals surface area (Å²) in [5.74, 6) is 1.74. The van der Waals surface area contributed by atoms with Crippen LogP contribution in [-0.2, 0) is 0 Å². The molecular weight excluding hydrogens is 292 g/mol. The number of benzene rings is 1. The van der Waals surface area contributed by atoms with Crippen LogP contribution in [0, 0.1) is 12.8 Å². The molecule has 0 aromatic heterocycles. The van der Waals surface area contributed by atoms with E-state index in [1.807, 2.05) is 35.7 Å². The predicted molar refractivity (Wildman–Crippen MR) is 89.8 cm³/mol. The Hall–Kier alpha value is -0.870. The molecule has 1 unspecified atom stereocenters. The highest BCUT2D eigenvalue weighted by Crippen LogP contribution is 2.26. The first kappa shape index (κ1) is 17.2. The summed E-state index contributed by atoms with van der Waals surface area (Å²) >= 11 is 1.98. The summed E-state index contributed by atoms with van der Waals surface area (Å²) in [7, 11) is 0. The summed E-state index contributed by atoms with van der Waals surface area (Å²) in [5.41, 5.74) is 8.19. The summed E-state index contributed by atoms with van der Waals surface area (Å²) in [6.07, 6.45) is 0. The van der Waals surface area contributed by atoms with Crippen LogP contribution >= 0.6 is 24.2 Å². The zero-order valence-electron chi connectivity index (χ0n) is 12.3. The Kier molecular flexibility index (Phi) is 6.21. The maximum absolute atomic E-state index is 12.6. The highest BCUT2D eigenvalue weighted by atomic mass is 35.5. The van der Waals surface area contributed by atoms with Gasteiger partial charge in [-0.1, -0.05) is 19.9 Å². The molecule has 1 fully saturated rings. The molecular formula is C15H23ClN2OS. The van der Waals surface area contributed by atoms with E-state index in [1.54, 1.807) is 6.07 Å². The van der Waals surface area contributed by atoms with E-state index in [-0.39, 0.29) is 18.3 Å². The minimum atomic E-state index is 0. The van der Waals surface area contributed by atoms with Crippen LogP contribution in [0.1, 0.15) is 29.8 Å². The molecule has 0 aliphatic carbocycles. The minimum Gasteiger partial charge on any atom is -0.399 e. The van der Waals surface area contributed by atoms with Gasteiger partial charge in [0.25, 0.3) is 5.91 Å². The van der Waals surface area contributed by atoms with Crippen LogP contribution in [0.2, 0.25) is 0 Å². The number of nitrogens with two attached hydrogens (primary N) is 1. The van der Waals surface area contributed by atoms with Gasteiger partial charge in [-0.3, -0.25) is 4.79 Å². The number of rotatable bonds is 2. The fourth-order valence-electron chi connectivity index (χ4n) is 2.30. The Bertz CT molecular complexity index is 479. The first-order chi connectivity index (χ1) is 8.99. The van der Waals surface area contributed by atoms with Gasteiger partial charge >= 0.3 is 0 Å². The topological polar surface area (TPSA) is 46.3 Å². The summed E-state index contributed by atoms with van der Waals surface area (Å²) in [5, 5.41) is 0.541. The molecule has 112 valence electrons. The maximum atomic E-state index is 12.6. The first-order valence-corrected chi connectivity index (χ1v) is 7.81. The standard InChI is InChI=1S/C15H22N2OS.ClH/c1-10(2)14-9-17(6-7-19-14)15(18)13-8-12(16)5-4-11(13)3;/h4-5,8,10,14H,6-7,9,16H2,1-3H3;1H. The quantitative estimate of drug-likeness (QED) is 0.853. The van der Waals surface area contributed by atoms with Crippen LogP contribution in [0.15, 0.2) is 18.2 Å². The fourth-order valence-corrected chi connectivity index (χ4v) is 3.60. The second kappa shape index (κ2) is 7.23. The largest absolute Gasteiger partial charge is 0.399 e. The van der Waals surface area contributed by atoms with Crippen molar-refractivity contribution in [2.24, 2.45) is 5.92 Å². The lowest BCUT2D eigenvalue weighted by molar-refractivity contribution is 0.0755. The van der Waals surface area contributed by atoms with Crippen molar-refractivity contribution in [1.82, 2.24) is 4.90 Å². The van der Waals surface area contributed by atoms with E-state index in [9.17, 15) is 4.79 Å². The lowest BCUT2D eigenvalue weighted by atomic mass is 10.1. The lowest BCUT2D eigenvalue weighted by Crippen LogP contribution is -2.43. The molecule has 2 N–H and O–H groups in total. The number of halogens is 1. The van der Waals surface area contributed by atoms with Crippen molar-refractivity contribution in [2.45, 2.75) is 26.0 Å². The van der Waals surface area contributed by atoms with Crippen LogP contribution in [0.4, 0.5) is 5.69 Å². The van der Waals surface area contributed by atoms with Crippen LogP contribution in [0.5, 0.6) is 0 Å². The van der Waals surface area contributed by atoms with E-state index in [2.05, 4.69) is 13.8 Å². The monoisotopic (exact) mass is 314 g/mol. The Morgan fingerprint density at radius 2 is 2.15 bits per heavy atom. The molecule has 0 spiro atoms. The van der Waals surface area contributed by atoms with Crippen molar-refractivity contribution in [2.75, 3.05) is 24.6 Å². The van der Waals surface area contributed by atoms with Gasteiger partial charge in [0.15, 0.2) is 0 Å². The molecule has 2 rings (SSSR count). The van der Waals surface area contributed by atoms with Crippen LogP contribution < -0.4 is 5.73 Å². The molecule has 20 heavy (non-hydrogen) atoms. The molecule has 1 heterocycles. The SMILES string of the molecule is Cc1ccc(N)cc1C(=O)N1CCSC(C(C)C)C1.Cl. The first-order valence-electron chi connectivity index (χ1n) is 6.76. The molecule has 1 aromatic carbocycles. The Morgan fingerprint density at radius 1 is 1.45 bits per heavy atom. The van der Waals surface area contributed by atoms with Crippen molar-refractivity contribution in [1.29, 1.82) is 0 Å². The number of aryl methyl sites for hydroxylation is 1. The number of nitrogens with zero attached hydrogens (tertiary/aromatic N) is 1. The Labute approximate surface area is 131 Å². The van der Waals surface area contributed by atoms with Gasteiger partial charge in [0, 0.05) is 35.3 Å². The van der Waals surface area contributed by atoms with E-state index < -0.39 is 0 Å². The molecule has 0 bridgehead atoms. The normalized spacial score (nSPS) is 18.8. The lowest BCUT2D eigenvalue weighted by Gasteiger charge is -2.34. The number of nitrogen functional groups attached to an aromatic ring is 1. The molecule has 1 aromatic rings. The smallest absolute Gasteiger partial charge is 0.254 e. The summed E-state index contributed by atoms with van der Waals surface area (Å²) < 4.78 is 0. The molecule has 5 heteroatoms. The number of hydrogen-bond donors (Lipinski definition) is 1. The molecule has 0 saturated carbocycles. The van der Waals surface area contributed by atoms with Crippen molar-refractivity contribution in [3.05, 3.63) is 29.3 Å². The van der Waals surface area contributed by atoms with Crippen LogP contribution in [0.25, 0.3) is 0 Å². The Morgan fingerprint density at radius 3 is 2.80 bits per heavy atom. The summed E-state index contributed by atoms with van der Waals surface area (Å²) in [4.78, 5) is 14.6. The van der Waals surface area contributed by atoms with E-state index in [0.717, 1.165) is 30.0 Å². The second-order valence-electron chi connectivity index (χ2n) is 5.48. The average Bonchev–Trinajstić information content (AvgIpc) is 2.41. The third kappa shape index (κ3) is 3.83. The van der Waals surface area contributed by atoms with Crippen molar-refractivity contribution in [3.8, 4) is 0 Å². The van der Waals surface area contributed by atoms with Gasteiger partial charge in [-0.2, -0.15) is 11.8 Å². The van der Waals surface area contributed by atoms with Gasteiger partial charge < -0.3 is 10.6 Å². The number of amides is 1. The van der Waals surface area contributed by atoms with Crippen LogP contribution in [0.3, 0.4) is 0 Å². The van der Waals surface area contributed by atoms with Crippen molar-refractivity contribution in [3.63, 3.8) is 0 Å². The number of carbonyl (C=O) groups excluding carboxylic acids is 1. The van der Waals surface area contributed by atoms with E-state index in [4.69, 9.17) is 5.73 Å². The zero-order chi connectivity index (χ0) is 14.0. The molecule has 1 aliphatic heterocycles. The molecule has 1 atom stereocenters. The van der Waals surface area contributed by atoms with Crippen molar-refractivity contribution < 1.29 is 4.79 Å². The van der Waals surface area contributed by atoms with Crippen LogP contribution in [-0.4, -0.2) is 34.9 Å². The number of thioether (sulfide) groups is 1. The molecule has 1 amide bonds. The zero-order valence-corrected chi connectivity index (χ0v) is 13.9. The maximum Gasteiger partial charge on any atom is 0.254 e. The van der Waals surface area contributed by atoms with Gasteiger partial charge in [-0.05, 0) is 30.5 Å². The number of anilines is 1. The highest BCUT2D eigenvalue weighted by Gasteiger charge is 2.27. The van der Waals surface area contributed by atoms with Gasteiger partial charge in [0.1, 0.15) is 0 Å². The second-order valence-corrected chi connectivity index (χ2v) is 6.83. The fraction of sp³-hybridized carbons (Fsp3) is 0.533. The Balaban J connectivity index is 0.00000200. The van der Waals surface area contributed by atoms with E-state index in [0.29, 0.717) is 16.9 Å². The molecule has 0 radical (unpaired) electrons. The average molecular weight is 315 g/mol. The number of carbonyl (C=O) groups is 1. The van der Waals surface area contributed by atoms with Gasteiger partial charge in [0.2, 0.25) is 0 Å². The third-order valence-electron chi connectivity index (χ3n) is 3.62. The third-order valence-corrected chi connectivity index (χ3v) is 5.16.